The number of anilines is 16. The van der Waals surface area contributed by atoms with Gasteiger partial charge in [0, 0.05) is 68.2 Å². The van der Waals surface area contributed by atoms with Gasteiger partial charge in [0.25, 0.3) is 0 Å². The quantitative estimate of drug-likeness (QED) is 0.0537. The largest absolute Gasteiger partial charge is 0.311 e. The highest BCUT2D eigenvalue weighted by Gasteiger charge is 2.40. The second-order valence-electron chi connectivity index (χ2n) is 29.6. The van der Waals surface area contributed by atoms with Gasteiger partial charge in [-0.05, 0) is 239 Å². The smallest absolute Gasteiger partial charge is 0.150 e. The Morgan fingerprint density at radius 3 is 0.479 bits per heavy atom. The van der Waals surface area contributed by atoms with Gasteiger partial charge in [-0.15, -0.1) is 20.7 Å². The second kappa shape index (κ2) is 33.6. The van der Waals surface area contributed by atoms with E-state index in [0.29, 0.717) is 0 Å². The summed E-state index contributed by atoms with van der Waals surface area (Å²) >= 11 is 0. The summed E-state index contributed by atoms with van der Waals surface area (Å²) in [5.74, 6) is 0. The van der Waals surface area contributed by atoms with Gasteiger partial charge in [-0.2, -0.15) is 20.4 Å². The van der Waals surface area contributed by atoms with E-state index < -0.39 is 29.8 Å². The Morgan fingerprint density at radius 1 is 0.174 bits per heavy atom. The molecule has 584 valence electrons. The molecule has 0 saturated heterocycles. The van der Waals surface area contributed by atoms with Crippen LogP contribution in [-0.2, 0) is 24.8 Å². The van der Waals surface area contributed by atoms with Crippen LogP contribution in [0, 0.1) is 0 Å². The van der Waals surface area contributed by atoms with Crippen molar-refractivity contribution in [2.24, 2.45) is 20.4 Å². The van der Waals surface area contributed by atoms with Gasteiger partial charge in [-0.25, -0.2) is 19.4 Å². The first kappa shape index (κ1) is 74.3. The fourth-order valence-electron chi connectivity index (χ4n) is 16.2. The van der Waals surface area contributed by atoms with E-state index in [1.54, 1.807) is 20.7 Å². The maximum absolute atomic E-state index is 6.73. The zero-order valence-corrected chi connectivity index (χ0v) is 65.7. The van der Waals surface area contributed by atoms with Crippen LogP contribution in [0.3, 0.4) is 0 Å². The van der Waals surface area contributed by atoms with Crippen LogP contribution < -0.4 is 40.3 Å². The highest BCUT2D eigenvalue weighted by atomic mass is 16.7. The van der Waals surface area contributed by atoms with E-state index in [1.165, 1.54) is 0 Å². The lowest BCUT2D eigenvalue weighted by molar-refractivity contribution is 0.0984. The van der Waals surface area contributed by atoms with Crippen LogP contribution in [0.1, 0.15) is 68.9 Å². The third-order valence-electron chi connectivity index (χ3n) is 22.2. The van der Waals surface area contributed by atoms with Gasteiger partial charge in [0.2, 0.25) is 0 Å². The summed E-state index contributed by atoms with van der Waals surface area (Å²) in [7, 11) is 0. The monoisotopic (exact) mass is 1570 g/mol. The summed E-state index contributed by atoms with van der Waals surface area (Å²) < 4.78 is 0. The van der Waals surface area contributed by atoms with Crippen LogP contribution in [-0.4, -0.2) is 24.9 Å². The molecule has 16 nitrogen and oxygen atoms in total. The molecule has 4 heterocycles. The molecule has 20 rings (SSSR count). The lowest BCUT2D eigenvalue weighted by Gasteiger charge is -2.37. The highest BCUT2D eigenvalue weighted by molar-refractivity contribution is 5.83. The molecular weight excluding hydrogens is 1490 g/mol. The molecule has 0 spiro atoms. The normalized spacial score (nSPS) is 16.3. The zero-order valence-electron chi connectivity index (χ0n) is 65.7. The van der Waals surface area contributed by atoms with Crippen molar-refractivity contribution in [3.05, 3.63) is 481 Å². The van der Waals surface area contributed by atoms with E-state index >= 15 is 0 Å². The molecule has 0 bridgehead atoms. The van der Waals surface area contributed by atoms with Crippen molar-refractivity contribution in [3.8, 4) is 0 Å². The Morgan fingerprint density at radius 2 is 0.322 bits per heavy atom. The third-order valence-corrected chi connectivity index (χ3v) is 22.2. The van der Waals surface area contributed by atoms with E-state index in [9.17, 15) is 0 Å². The Hall–Kier alpha value is -15.6. The first-order chi connectivity index (χ1) is 59.9. The Bertz CT molecular complexity index is 5340. The molecule has 0 aromatic heterocycles. The molecule has 4 unspecified atom stereocenters. The average Bonchev–Trinajstić information content (AvgIpc) is 1.59. The second-order valence-corrected chi connectivity index (χ2v) is 29.6. The van der Waals surface area contributed by atoms with Crippen molar-refractivity contribution in [2.45, 2.75) is 29.8 Å². The minimum Gasteiger partial charge on any atom is -0.311 e. The lowest BCUT2D eigenvalue weighted by atomic mass is 9.65. The molecule has 16 aromatic carbocycles. The molecule has 0 aliphatic carbocycles. The van der Waals surface area contributed by atoms with Crippen LogP contribution in [0.25, 0.3) is 0 Å². The topological polar surface area (TPSA) is 112 Å². The van der Waals surface area contributed by atoms with Crippen LogP contribution in [0.5, 0.6) is 0 Å². The molecule has 4 aliphatic rings. The minimum absolute atomic E-state index is 0.452. The van der Waals surface area contributed by atoms with E-state index in [0.717, 1.165) is 136 Å². The van der Waals surface area contributed by atoms with Crippen molar-refractivity contribution < 1.29 is 19.4 Å². The van der Waals surface area contributed by atoms with Crippen molar-refractivity contribution in [1.82, 2.24) is 0 Å². The summed E-state index contributed by atoms with van der Waals surface area (Å²) in [5, 5.41) is 26.0. The molecule has 121 heavy (non-hydrogen) atoms. The van der Waals surface area contributed by atoms with Gasteiger partial charge in [0.1, 0.15) is 24.4 Å². The highest BCUT2D eigenvalue weighted by Crippen LogP contribution is 2.50. The van der Waals surface area contributed by atoms with Crippen molar-refractivity contribution in [3.63, 3.8) is 0 Å². The zero-order chi connectivity index (χ0) is 80.7. The molecule has 4 aliphatic heterocycles. The predicted molar refractivity (Wildman–Crippen MR) is 488 cm³/mol. The number of nitrogens with zero attached hydrogens (tertiary/aromatic N) is 12. The van der Waals surface area contributed by atoms with Crippen LogP contribution in [0.4, 0.5) is 91.0 Å². The standard InChI is InChI=1S/C105H80N12O4/c1-9-25-85(26-10-1)110(86-27-11-2-12-28-86)93-57-41-77(42-58-93)101-73-106-114(118-101)97-65-49-81(50-66-97)105(82-51-67-98(68-52-82)115-107-74-102(119-115)78-43-59-94(60-44-78)111(87-29-13-3-14-30-87)88-31-15-4-16-32-88,83-53-69-99(70-54-83)116-108-75-103(120-116)79-45-61-95(62-46-79)112(89-33-17-5-18-34-89)90-35-19-6-20-36-90)84-55-71-100(72-56-84)117-109-76-104(121-117)80-47-63-96(64-48-80)113(91-37-21-7-22-38-91)92-39-23-8-24-40-92/h1-76,101-104H. The number of hydrogen-bond acceptors (Lipinski definition) is 16. The predicted octanol–water partition coefficient (Wildman–Crippen LogP) is 25.9. The molecule has 0 fully saturated rings. The van der Waals surface area contributed by atoms with Gasteiger partial charge >= 0.3 is 0 Å². The van der Waals surface area contributed by atoms with Crippen molar-refractivity contribution in [2.75, 3.05) is 40.3 Å². The van der Waals surface area contributed by atoms with Crippen molar-refractivity contribution >= 4 is 116 Å². The molecule has 0 amide bonds. The Balaban J connectivity index is 0.629. The van der Waals surface area contributed by atoms with Gasteiger partial charge in [0.15, 0.2) is 0 Å². The van der Waals surface area contributed by atoms with Gasteiger partial charge in [-0.3, -0.25) is 0 Å². The van der Waals surface area contributed by atoms with E-state index in [4.69, 9.17) is 39.8 Å². The molecule has 0 N–H and O–H groups in total. The molecule has 16 heteroatoms. The minimum atomic E-state index is -1.03. The van der Waals surface area contributed by atoms with E-state index in [2.05, 4.69) is 408 Å². The molecular formula is C105H80N12O4. The SMILES string of the molecule is C1=NN(c2ccc(C(c3ccc(N4N=CC(c5ccc(N(c6ccccc6)c6ccccc6)cc5)O4)cc3)(c3ccc(N4N=CC(c5ccc(N(c6ccccc6)c6ccccc6)cc5)O4)cc3)c3ccc(N4N=CC(c5ccc(N(c6ccccc6)c6ccccc6)cc5)O4)cc3)cc2)OC1c1ccc(N(c2ccccc2)c2ccccc2)cc1. The summed E-state index contributed by atoms with van der Waals surface area (Å²) in [4.78, 5) is 35.9. The summed E-state index contributed by atoms with van der Waals surface area (Å²) in [6.45, 7) is 0. The average molecular weight is 1570 g/mol. The van der Waals surface area contributed by atoms with Crippen LogP contribution in [0.2, 0.25) is 0 Å². The van der Waals surface area contributed by atoms with Gasteiger partial charge in [-0.1, -0.05) is 243 Å². The fourth-order valence-corrected chi connectivity index (χ4v) is 16.2. The van der Waals surface area contributed by atoms with E-state index in [1.807, 2.05) is 73.4 Å². The molecule has 4 atom stereocenters. The van der Waals surface area contributed by atoms with E-state index in [-0.39, 0.29) is 0 Å². The number of rotatable bonds is 24. The number of hydrogen-bond donors (Lipinski definition) is 0. The van der Waals surface area contributed by atoms with Gasteiger partial charge in [0.05, 0.1) is 53.0 Å². The number of para-hydroxylation sites is 8. The lowest BCUT2D eigenvalue weighted by Crippen LogP contribution is -2.31. The Kier molecular flexibility index (Phi) is 20.6. The van der Waals surface area contributed by atoms with Crippen molar-refractivity contribution in [1.29, 1.82) is 0 Å². The van der Waals surface area contributed by atoms with Crippen LogP contribution in [0.15, 0.2) is 457 Å². The number of hydrazone groups is 4. The summed E-state index contributed by atoms with van der Waals surface area (Å²) in [6, 6.07) is 151. The third kappa shape index (κ3) is 15.2. The molecule has 0 radical (unpaired) electrons. The summed E-state index contributed by atoms with van der Waals surface area (Å²) in [6.07, 6.45) is 5.58. The van der Waals surface area contributed by atoms with Crippen LogP contribution >= 0.6 is 0 Å². The Labute approximate surface area is 702 Å². The fraction of sp³-hybridized carbons (Fsp3) is 0.0476. The first-order valence-corrected chi connectivity index (χ1v) is 40.4. The van der Waals surface area contributed by atoms with Gasteiger partial charge < -0.3 is 19.6 Å². The molecule has 16 aromatic rings. The summed E-state index contributed by atoms with van der Waals surface area (Å²) in [5.41, 5.74) is 22.1. The maximum atomic E-state index is 6.73. The number of benzene rings is 16. The first-order valence-electron chi connectivity index (χ1n) is 40.4. The molecule has 0 saturated carbocycles. The maximum Gasteiger partial charge on any atom is 0.150 e.